The van der Waals surface area contributed by atoms with Gasteiger partial charge in [0.05, 0.1) is 0 Å². The van der Waals surface area contributed by atoms with Gasteiger partial charge in [0.25, 0.3) is 0 Å². The average molecular weight is 290 g/mol. The Hall–Kier alpha value is -1.67. The zero-order chi connectivity index (χ0) is 14.5. The second-order valence-electron chi connectivity index (χ2n) is 4.93. The summed E-state index contributed by atoms with van der Waals surface area (Å²) in [5, 5.41) is 4.17. The minimum Gasteiger partial charge on any atom is -0.492 e. The minimum absolute atomic E-state index is 0.619. The molecule has 0 spiro atoms. The molecule has 3 heteroatoms. The minimum atomic E-state index is 0.619. The van der Waals surface area contributed by atoms with Crippen LogP contribution in [0, 0.1) is 20.8 Å². The van der Waals surface area contributed by atoms with Gasteiger partial charge in [-0.25, -0.2) is 0 Å². The van der Waals surface area contributed by atoms with E-state index in [1.165, 1.54) is 16.8 Å². The van der Waals surface area contributed by atoms with Crippen molar-refractivity contribution >= 4 is 17.3 Å². The van der Waals surface area contributed by atoms with Crippen LogP contribution in [0.3, 0.4) is 0 Å². The Kier molecular flexibility index (Phi) is 4.91. The molecule has 0 radical (unpaired) electrons. The fourth-order valence-electron chi connectivity index (χ4n) is 2.00. The molecule has 20 heavy (non-hydrogen) atoms. The van der Waals surface area contributed by atoms with E-state index in [9.17, 15) is 0 Å². The fraction of sp³-hybridized carbons (Fsp3) is 0.294. The van der Waals surface area contributed by atoms with Crippen LogP contribution in [0.15, 0.2) is 36.4 Å². The molecule has 106 valence electrons. The van der Waals surface area contributed by atoms with Crippen LogP contribution < -0.4 is 10.1 Å². The van der Waals surface area contributed by atoms with Crippen LogP contribution >= 0.6 is 11.6 Å². The maximum Gasteiger partial charge on any atom is 0.119 e. The molecule has 0 aliphatic heterocycles. The molecule has 0 saturated heterocycles. The van der Waals surface area contributed by atoms with E-state index in [1.54, 1.807) is 0 Å². The highest BCUT2D eigenvalue weighted by molar-refractivity contribution is 6.31. The van der Waals surface area contributed by atoms with Crippen molar-refractivity contribution < 1.29 is 4.74 Å². The second kappa shape index (κ2) is 6.67. The number of halogens is 1. The Morgan fingerprint density at radius 1 is 1.05 bits per heavy atom. The molecule has 2 nitrogen and oxygen atoms in total. The molecule has 2 aromatic carbocycles. The van der Waals surface area contributed by atoms with Crippen molar-refractivity contribution in [3.05, 3.63) is 58.1 Å². The predicted octanol–water partition coefficient (Wildman–Crippen LogP) is 4.76. The lowest BCUT2D eigenvalue weighted by atomic mass is 10.1. The molecule has 0 unspecified atom stereocenters. The number of nitrogens with one attached hydrogen (secondary N) is 1. The van der Waals surface area contributed by atoms with Gasteiger partial charge >= 0.3 is 0 Å². The van der Waals surface area contributed by atoms with Crippen LogP contribution in [-0.2, 0) is 0 Å². The highest BCUT2D eigenvalue weighted by Crippen LogP contribution is 2.21. The van der Waals surface area contributed by atoms with Crippen LogP contribution in [0.4, 0.5) is 5.69 Å². The molecule has 0 aliphatic carbocycles. The molecular weight excluding hydrogens is 270 g/mol. The molecule has 0 amide bonds. The highest BCUT2D eigenvalue weighted by Gasteiger charge is 2.01. The molecule has 0 heterocycles. The van der Waals surface area contributed by atoms with Gasteiger partial charge in [-0.2, -0.15) is 0 Å². The normalized spacial score (nSPS) is 10.4. The molecule has 0 saturated carbocycles. The van der Waals surface area contributed by atoms with E-state index in [0.29, 0.717) is 6.61 Å². The monoisotopic (exact) mass is 289 g/mol. The van der Waals surface area contributed by atoms with Gasteiger partial charge in [0.1, 0.15) is 12.4 Å². The zero-order valence-corrected chi connectivity index (χ0v) is 12.9. The summed E-state index contributed by atoms with van der Waals surface area (Å²) in [6.07, 6.45) is 0. The first-order valence-electron chi connectivity index (χ1n) is 6.77. The van der Waals surface area contributed by atoms with Crippen molar-refractivity contribution in [1.82, 2.24) is 0 Å². The van der Waals surface area contributed by atoms with E-state index in [0.717, 1.165) is 22.9 Å². The lowest BCUT2D eigenvalue weighted by Crippen LogP contribution is -2.12. The van der Waals surface area contributed by atoms with Crippen LogP contribution in [0.1, 0.15) is 16.7 Å². The lowest BCUT2D eigenvalue weighted by molar-refractivity contribution is 0.332. The predicted molar refractivity (Wildman–Crippen MR) is 86.1 cm³/mol. The van der Waals surface area contributed by atoms with E-state index in [-0.39, 0.29) is 0 Å². The Morgan fingerprint density at radius 2 is 1.85 bits per heavy atom. The highest BCUT2D eigenvalue weighted by atomic mass is 35.5. The number of hydrogen-bond acceptors (Lipinski definition) is 2. The molecule has 0 bridgehead atoms. The maximum atomic E-state index is 5.99. The molecule has 2 rings (SSSR count). The standard InChI is InChI=1S/C17H20ClNO/c1-12-5-4-6-17(14(12)3)19-9-10-20-15-7-8-16(18)13(2)11-15/h4-8,11,19H,9-10H2,1-3H3. The van der Waals surface area contributed by atoms with Crippen LogP contribution in [0.2, 0.25) is 5.02 Å². The molecule has 1 N–H and O–H groups in total. The Bertz CT molecular complexity index is 596. The number of benzene rings is 2. The molecule has 0 fully saturated rings. The summed E-state index contributed by atoms with van der Waals surface area (Å²) in [7, 11) is 0. The average Bonchev–Trinajstić information content (AvgIpc) is 2.43. The second-order valence-corrected chi connectivity index (χ2v) is 5.34. The third-order valence-electron chi connectivity index (χ3n) is 3.42. The van der Waals surface area contributed by atoms with Crippen LogP contribution in [0.25, 0.3) is 0 Å². The molecule has 0 atom stereocenters. The molecule has 0 aliphatic rings. The first kappa shape index (κ1) is 14.7. The quantitative estimate of drug-likeness (QED) is 0.802. The topological polar surface area (TPSA) is 21.3 Å². The third-order valence-corrected chi connectivity index (χ3v) is 3.84. The van der Waals surface area contributed by atoms with Gasteiger partial charge in [-0.3, -0.25) is 0 Å². The summed E-state index contributed by atoms with van der Waals surface area (Å²) in [5.41, 5.74) is 4.78. The lowest BCUT2D eigenvalue weighted by Gasteiger charge is -2.12. The van der Waals surface area contributed by atoms with Crippen molar-refractivity contribution in [3.8, 4) is 5.75 Å². The first-order chi connectivity index (χ1) is 9.58. The van der Waals surface area contributed by atoms with Crippen molar-refractivity contribution in [1.29, 1.82) is 0 Å². The van der Waals surface area contributed by atoms with E-state index in [4.69, 9.17) is 16.3 Å². The van der Waals surface area contributed by atoms with Crippen molar-refractivity contribution in [2.45, 2.75) is 20.8 Å². The smallest absolute Gasteiger partial charge is 0.119 e. The van der Waals surface area contributed by atoms with Gasteiger partial charge in [-0.1, -0.05) is 23.7 Å². The summed E-state index contributed by atoms with van der Waals surface area (Å²) < 4.78 is 5.71. The molecular formula is C17H20ClNO. The van der Waals surface area contributed by atoms with Crippen molar-refractivity contribution in [3.63, 3.8) is 0 Å². The van der Waals surface area contributed by atoms with Gasteiger partial charge in [0.15, 0.2) is 0 Å². The van der Waals surface area contributed by atoms with Crippen LogP contribution in [-0.4, -0.2) is 13.2 Å². The SMILES string of the molecule is Cc1cc(OCCNc2cccc(C)c2C)ccc1Cl. The van der Waals surface area contributed by atoms with E-state index >= 15 is 0 Å². The van der Waals surface area contributed by atoms with Gasteiger partial charge in [0, 0.05) is 17.3 Å². The number of aryl methyl sites for hydroxylation is 2. The number of ether oxygens (including phenoxy) is 1. The molecule has 0 aromatic heterocycles. The Labute approximate surface area is 125 Å². The Morgan fingerprint density at radius 3 is 2.60 bits per heavy atom. The van der Waals surface area contributed by atoms with E-state index < -0.39 is 0 Å². The van der Waals surface area contributed by atoms with Crippen molar-refractivity contribution in [2.24, 2.45) is 0 Å². The summed E-state index contributed by atoms with van der Waals surface area (Å²) >= 11 is 5.99. The van der Waals surface area contributed by atoms with Crippen LogP contribution in [0.5, 0.6) is 5.75 Å². The summed E-state index contributed by atoms with van der Waals surface area (Å²) in [6, 6.07) is 12.0. The number of anilines is 1. The Balaban J connectivity index is 1.84. The zero-order valence-electron chi connectivity index (χ0n) is 12.2. The number of hydrogen-bond donors (Lipinski definition) is 1. The largest absolute Gasteiger partial charge is 0.492 e. The van der Waals surface area contributed by atoms with Gasteiger partial charge < -0.3 is 10.1 Å². The summed E-state index contributed by atoms with van der Waals surface area (Å²) in [6.45, 7) is 7.61. The van der Waals surface area contributed by atoms with Gasteiger partial charge in [-0.15, -0.1) is 0 Å². The fourth-order valence-corrected chi connectivity index (χ4v) is 2.12. The number of rotatable bonds is 5. The third kappa shape index (κ3) is 3.67. The summed E-state index contributed by atoms with van der Waals surface area (Å²) in [4.78, 5) is 0. The van der Waals surface area contributed by atoms with Crippen molar-refractivity contribution in [2.75, 3.05) is 18.5 Å². The van der Waals surface area contributed by atoms with E-state index in [1.807, 2.05) is 25.1 Å². The summed E-state index contributed by atoms with van der Waals surface area (Å²) in [5.74, 6) is 0.856. The first-order valence-corrected chi connectivity index (χ1v) is 7.15. The maximum absolute atomic E-state index is 5.99. The van der Waals surface area contributed by atoms with Gasteiger partial charge in [-0.05, 0) is 61.7 Å². The molecule has 2 aromatic rings. The van der Waals surface area contributed by atoms with E-state index in [2.05, 4.69) is 37.4 Å². The van der Waals surface area contributed by atoms with Gasteiger partial charge in [0.2, 0.25) is 0 Å².